The molecule has 0 radical (unpaired) electrons. The standard InChI is InChI=1S/C20H24N4O/c1-14(2)20(25)22-12-5-13-24-18(16-9-7-15(3)8-10-16)23-17-6-4-11-21-19(17)24/h4,6-11,14H,5,12-13H2,1-3H3,(H,22,25). The van der Waals surface area contributed by atoms with Gasteiger partial charge in [0, 0.05) is 30.8 Å². The van der Waals surface area contributed by atoms with E-state index in [4.69, 9.17) is 4.98 Å². The zero-order valence-electron chi connectivity index (χ0n) is 15.0. The second-order valence-corrected chi connectivity index (χ2v) is 6.60. The van der Waals surface area contributed by atoms with Gasteiger partial charge in [-0.1, -0.05) is 43.7 Å². The highest BCUT2D eigenvalue weighted by atomic mass is 16.1. The van der Waals surface area contributed by atoms with Crippen molar-refractivity contribution in [1.29, 1.82) is 0 Å². The van der Waals surface area contributed by atoms with Gasteiger partial charge in [0.15, 0.2) is 5.65 Å². The van der Waals surface area contributed by atoms with Gasteiger partial charge in [-0.15, -0.1) is 0 Å². The van der Waals surface area contributed by atoms with Gasteiger partial charge >= 0.3 is 0 Å². The molecule has 5 heteroatoms. The zero-order valence-corrected chi connectivity index (χ0v) is 15.0. The van der Waals surface area contributed by atoms with Crippen LogP contribution in [0.3, 0.4) is 0 Å². The highest BCUT2D eigenvalue weighted by Crippen LogP contribution is 2.24. The van der Waals surface area contributed by atoms with Gasteiger partial charge in [-0.2, -0.15) is 0 Å². The average molecular weight is 336 g/mol. The second-order valence-electron chi connectivity index (χ2n) is 6.60. The summed E-state index contributed by atoms with van der Waals surface area (Å²) in [6.45, 7) is 7.29. The fourth-order valence-electron chi connectivity index (χ4n) is 2.75. The monoisotopic (exact) mass is 336 g/mol. The summed E-state index contributed by atoms with van der Waals surface area (Å²) < 4.78 is 2.14. The van der Waals surface area contributed by atoms with Crippen molar-refractivity contribution in [3.8, 4) is 11.4 Å². The van der Waals surface area contributed by atoms with Crippen LogP contribution >= 0.6 is 0 Å². The molecule has 0 saturated carbocycles. The SMILES string of the molecule is Cc1ccc(-c2nc3cccnc3n2CCCNC(=O)C(C)C)cc1. The molecule has 5 nitrogen and oxygen atoms in total. The van der Waals surface area contributed by atoms with Gasteiger partial charge in [-0.3, -0.25) is 4.79 Å². The molecule has 0 atom stereocenters. The zero-order chi connectivity index (χ0) is 17.8. The Bertz CT molecular complexity index is 865. The van der Waals surface area contributed by atoms with Gasteiger partial charge in [0.25, 0.3) is 0 Å². The predicted molar refractivity (Wildman–Crippen MR) is 100 cm³/mol. The van der Waals surface area contributed by atoms with Crippen LogP contribution in [-0.4, -0.2) is 27.0 Å². The van der Waals surface area contributed by atoms with Crippen LogP contribution in [0.15, 0.2) is 42.6 Å². The molecule has 1 N–H and O–H groups in total. The molecule has 25 heavy (non-hydrogen) atoms. The Morgan fingerprint density at radius 2 is 1.96 bits per heavy atom. The van der Waals surface area contributed by atoms with E-state index in [1.807, 2.05) is 26.0 Å². The molecule has 3 rings (SSSR count). The van der Waals surface area contributed by atoms with E-state index in [0.29, 0.717) is 6.54 Å². The number of carbonyl (C=O) groups is 1. The molecule has 1 aromatic carbocycles. The first-order valence-corrected chi connectivity index (χ1v) is 8.72. The Morgan fingerprint density at radius 1 is 1.20 bits per heavy atom. The molecule has 1 amide bonds. The minimum atomic E-state index is 0.0128. The molecule has 0 aliphatic heterocycles. The van der Waals surface area contributed by atoms with Crippen LogP contribution in [0.1, 0.15) is 25.8 Å². The Labute approximate surface area is 148 Å². The Hall–Kier alpha value is -2.69. The summed E-state index contributed by atoms with van der Waals surface area (Å²) in [5.41, 5.74) is 4.08. The molecule has 3 aromatic rings. The van der Waals surface area contributed by atoms with Gasteiger partial charge in [0.2, 0.25) is 5.91 Å². The van der Waals surface area contributed by atoms with E-state index in [2.05, 4.69) is 46.1 Å². The van der Waals surface area contributed by atoms with Crippen molar-refractivity contribution < 1.29 is 4.79 Å². The van der Waals surface area contributed by atoms with Crippen molar-refractivity contribution in [2.75, 3.05) is 6.54 Å². The molecule has 0 spiro atoms. The number of imidazole rings is 1. The van der Waals surface area contributed by atoms with E-state index in [-0.39, 0.29) is 11.8 Å². The third kappa shape index (κ3) is 3.87. The first kappa shape index (κ1) is 17.1. The molecule has 0 saturated heterocycles. The number of hydrogen-bond donors (Lipinski definition) is 1. The maximum absolute atomic E-state index is 11.7. The third-order valence-electron chi connectivity index (χ3n) is 4.20. The van der Waals surface area contributed by atoms with Crippen molar-refractivity contribution in [2.45, 2.75) is 33.7 Å². The van der Waals surface area contributed by atoms with Crippen molar-refractivity contribution in [3.05, 3.63) is 48.2 Å². The topological polar surface area (TPSA) is 59.8 Å². The highest BCUT2D eigenvalue weighted by Gasteiger charge is 2.13. The summed E-state index contributed by atoms with van der Waals surface area (Å²) in [6.07, 6.45) is 2.62. The first-order valence-electron chi connectivity index (χ1n) is 8.72. The average Bonchev–Trinajstić information content (AvgIpc) is 2.97. The number of benzene rings is 1. The summed E-state index contributed by atoms with van der Waals surface area (Å²) >= 11 is 0. The number of pyridine rings is 1. The van der Waals surface area contributed by atoms with Crippen molar-refractivity contribution >= 4 is 17.1 Å². The normalized spacial score (nSPS) is 11.2. The summed E-state index contributed by atoms with van der Waals surface area (Å²) in [5, 5.41) is 2.97. The summed E-state index contributed by atoms with van der Waals surface area (Å²) in [4.78, 5) is 21.0. The Balaban J connectivity index is 1.84. The van der Waals surface area contributed by atoms with Crippen LogP contribution in [0.5, 0.6) is 0 Å². The second kappa shape index (κ2) is 7.47. The van der Waals surface area contributed by atoms with E-state index >= 15 is 0 Å². The molecule has 0 fully saturated rings. The molecule has 0 aliphatic rings. The predicted octanol–water partition coefficient (Wildman–Crippen LogP) is 3.57. The minimum Gasteiger partial charge on any atom is -0.356 e. The van der Waals surface area contributed by atoms with E-state index in [1.165, 1.54) is 5.56 Å². The quantitative estimate of drug-likeness (QED) is 0.700. The third-order valence-corrected chi connectivity index (χ3v) is 4.20. The van der Waals surface area contributed by atoms with Gasteiger partial charge in [0.1, 0.15) is 11.3 Å². The molecular formula is C20H24N4O. The van der Waals surface area contributed by atoms with Crippen LogP contribution in [0, 0.1) is 12.8 Å². The van der Waals surface area contributed by atoms with Gasteiger partial charge in [0.05, 0.1) is 0 Å². The Kier molecular flexibility index (Phi) is 5.12. The molecular weight excluding hydrogens is 312 g/mol. The number of aryl methyl sites for hydroxylation is 2. The van der Waals surface area contributed by atoms with Gasteiger partial charge < -0.3 is 9.88 Å². The van der Waals surface area contributed by atoms with Crippen molar-refractivity contribution in [2.24, 2.45) is 5.92 Å². The maximum Gasteiger partial charge on any atom is 0.222 e. The largest absolute Gasteiger partial charge is 0.356 e. The lowest BCUT2D eigenvalue weighted by Gasteiger charge is -2.11. The van der Waals surface area contributed by atoms with Gasteiger partial charge in [-0.05, 0) is 25.5 Å². The van der Waals surface area contributed by atoms with E-state index in [0.717, 1.165) is 35.5 Å². The number of fused-ring (bicyclic) bond motifs is 1. The van der Waals surface area contributed by atoms with E-state index in [9.17, 15) is 4.79 Å². The fourth-order valence-corrected chi connectivity index (χ4v) is 2.75. The van der Waals surface area contributed by atoms with E-state index in [1.54, 1.807) is 6.20 Å². The molecule has 130 valence electrons. The van der Waals surface area contributed by atoms with Crippen LogP contribution in [0.2, 0.25) is 0 Å². The summed E-state index contributed by atoms with van der Waals surface area (Å²) in [6, 6.07) is 12.3. The molecule has 2 aromatic heterocycles. The smallest absolute Gasteiger partial charge is 0.222 e. The minimum absolute atomic E-state index is 0.0128. The highest BCUT2D eigenvalue weighted by molar-refractivity contribution is 5.78. The van der Waals surface area contributed by atoms with E-state index < -0.39 is 0 Å². The number of rotatable bonds is 6. The van der Waals surface area contributed by atoms with Crippen LogP contribution in [0.4, 0.5) is 0 Å². The number of nitrogens with zero attached hydrogens (tertiary/aromatic N) is 3. The van der Waals surface area contributed by atoms with Crippen molar-refractivity contribution in [1.82, 2.24) is 19.9 Å². The molecule has 2 heterocycles. The fraction of sp³-hybridized carbons (Fsp3) is 0.350. The lowest BCUT2D eigenvalue weighted by Crippen LogP contribution is -2.29. The number of nitrogens with one attached hydrogen (secondary N) is 1. The van der Waals surface area contributed by atoms with Gasteiger partial charge in [-0.25, -0.2) is 9.97 Å². The Morgan fingerprint density at radius 3 is 2.68 bits per heavy atom. The molecule has 0 unspecified atom stereocenters. The summed E-state index contributed by atoms with van der Waals surface area (Å²) in [5.74, 6) is 1.02. The van der Waals surface area contributed by atoms with Crippen molar-refractivity contribution in [3.63, 3.8) is 0 Å². The number of carbonyl (C=O) groups excluding carboxylic acids is 1. The maximum atomic E-state index is 11.7. The van der Waals surface area contributed by atoms with Crippen LogP contribution in [-0.2, 0) is 11.3 Å². The van der Waals surface area contributed by atoms with Crippen LogP contribution in [0.25, 0.3) is 22.6 Å². The first-order chi connectivity index (χ1) is 12.1. The lowest BCUT2D eigenvalue weighted by molar-refractivity contribution is -0.123. The summed E-state index contributed by atoms with van der Waals surface area (Å²) in [7, 11) is 0. The number of aromatic nitrogens is 3. The van der Waals surface area contributed by atoms with Crippen LogP contribution < -0.4 is 5.32 Å². The lowest BCUT2D eigenvalue weighted by atomic mass is 10.1. The molecule has 0 aliphatic carbocycles. The number of amides is 1. The number of hydrogen-bond acceptors (Lipinski definition) is 3. The molecule has 0 bridgehead atoms.